The number of rotatable bonds is 3. The van der Waals surface area contributed by atoms with Crippen LogP contribution in [0.4, 0.5) is 14.6 Å². The molecule has 4 rings (SSSR count). The van der Waals surface area contributed by atoms with E-state index in [2.05, 4.69) is 15.2 Å². The Hall–Kier alpha value is -3.32. The molecule has 0 amide bonds. The van der Waals surface area contributed by atoms with Crippen molar-refractivity contribution in [3.8, 4) is 28.2 Å². The Bertz CT molecular complexity index is 1130. The molecule has 2 N–H and O–H groups in total. The van der Waals surface area contributed by atoms with E-state index in [1.54, 1.807) is 24.4 Å². The largest absolute Gasteiger partial charge is 0.383 e. The van der Waals surface area contributed by atoms with Gasteiger partial charge < -0.3 is 5.73 Å². The third-order valence-corrected chi connectivity index (χ3v) is 4.33. The molecule has 0 atom stereocenters. The van der Waals surface area contributed by atoms with Crippen molar-refractivity contribution in [3.05, 3.63) is 77.7 Å². The second-order valence-electron chi connectivity index (χ2n) is 5.76. The average Bonchev–Trinajstić information content (AvgIpc) is 3.14. The minimum absolute atomic E-state index is 0.0219. The van der Waals surface area contributed by atoms with Crippen LogP contribution in [0, 0.1) is 11.6 Å². The van der Waals surface area contributed by atoms with Gasteiger partial charge in [-0.3, -0.25) is 4.57 Å². The van der Waals surface area contributed by atoms with Crippen molar-refractivity contribution in [1.82, 2.24) is 19.7 Å². The van der Waals surface area contributed by atoms with Crippen LogP contribution in [-0.4, -0.2) is 19.7 Å². The molecule has 0 aliphatic carbocycles. The lowest BCUT2D eigenvalue weighted by Crippen LogP contribution is -2.04. The van der Waals surface area contributed by atoms with E-state index in [0.29, 0.717) is 10.6 Å². The van der Waals surface area contributed by atoms with Crippen LogP contribution in [0.2, 0.25) is 5.02 Å². The lowest BCUT2D eigenvalue weighted by atomic mass is 10.1. The number of anilines is 1. The van der Waals surface area contributed by atoms with E-state index < -0.39 is 11.6 Å². The lowest BCUT2D eigenvalue weighted by molar-refractivity contribution is 0.504. The molecule has 2 aromatic carbocycles. The van der Waals surface area contributed by atoms with Gasteiger partial charge in [0, 0.05) is 16.8 Å². The summed E-state index contributed by atoms with van der Waals surface area (Å²) < 4.78 is 29.2. The van der Waals surface area contributed by atoms with Gasteiger partial charge in [-0.25, -0.2) is 13.8 Å². The molecule has 2 aromatic heterocycles. The Labute approximate surface area is 158 Å². The molecule has 0 saturated carbocycles. The van der Waals surface area contributed by atoms with E-state index in [0.717, 1.165) is 17.2 Å². The standard InChI is InChI=1S/C19H12ClF2N5/c20-13-6-4-11(5-7-13)12-8-14(18(23)24-9-12)19-26-25-10-27(19)16-3-1-2-15(21)17(16)22/h1-10H,(H2,23,24). The number of halogens is 3. The summed E-state index contributed by atoms with van der Waals surface area (Å²) >= 11 is 5.93. The van der Waals surface area contributed by atoms with Crippen molar-refractivity contribution in [1.29, 1.82) is 0 Å². The van der Waals surface area contributed by atoms with Crippen LogP contribution in [0.1, 0.15) is 0 Å². The monoisotopic (exact) mass is 383 g/mol. The van der Waals surface area contributed by atoms with Crippen molar-refractivity contribution < 1.29 is 8.78 Å². The van der Waals surface area contributed by atoms with Gasteiger partial charge in [-0.05, 0) is 35.9 Å². The fraction of sp³-hybridized carbons (Fsp3) is 0. The molecule has 5 nitrogen and oxygen atoms in total. The fourth-order valence-electron chi connectivity index (χ4n) is 2.73. The molecule has 0 unspecified atom stereocenters. The summed E-state index contributed by atoms with van der Waals surface area (Å²) in [5.41, 5.74) is 8.08. The van der Waals surface area contributed by atoms with Crippen LogP contribution in [0.3, 0.4) is 0 Å². The Morgan fingerprint density at radius 1 is 1.00 bits per heavy atom. The highest BCUT2D eigenvalue weighted by molar-refractivity contribution is 6.30. The van der Waals surface area contributed by atoms with Crippen LogP contribution < -0.4 is 5.73 Å². The first kappa shape index (κ1) is 17.1. The molecule has 2 heterocycles. The zero-order chi connectivity index (χ0) is 19.0. The molecule has 0 saturated heterocycles. The molecular formula is C19H12ClF2N5. The number of nitrogen functional groups attached to an aromatic ring is 1. The van der Waals surface area contributed by atoms with Crippen LogP contribution in [0.15, 0.2) is 61.1 Å². The van der Waals surface area contributed by atoms with Crippen LogP contribution in [0.5, 0.6) is 0 Å². The number of hydrogen-bond donors (Lipinski definition) is 1. The highest BCUT2D eigenvalue weighted by Gasteiger charge is 2.18. The topological polar surface area (TPSA) is 69.6 Å². The van der Waals surface area contributed by atoms with Gasteiger partial charge in [-0.15, -0.1) is 10.2 Å². The first-order valence-corrected chi connectivity index (χ1v) is 8.28. The minimum Gasteiger partial charge on any atom is -0.383 e. The molecule has 27 heavy (non-hydrogen) atoms. The predicted molar refractivity (Wildman–Crippen MR) is 99.4 cm³/mol. The smallest absolute Gasteiger partial charge is 0.182 e. The predicted octanol–water partition coefficient (Wildman–Crippen LogP) is 4.51. The Morgan fingerprint density at radius 2 is 1.78 bits per heavy atom. The number of hydrogen-bond acceptors (Lipinski definition) is 4. The Balaban J connectivity index is 1.86. The molecule has 4 aromatic rings. The van der Waals surface area contributed by atoms with Crippen molar-refractivity contribution in [2.45, 2.75) is 0 Å². The third-order valence-electron chi connectivity index (χ3n) is 4.08. The van der Waals surface area contributed by atoms with E-state index in [1.165, 1.54) is 23.0 Å². The van der Waals surface area contributed by atoms with Gasteiger partial charge in [-0.2, -0.15) is 0 Å². The second-order valence-corrected chi connectivity index (χ2v) is 6.20. The van der Waals surface area contributed by atoms with Crippen LogP contribution >= 0.6 is 11.6 Å². The number of nitrogens with two attached hydrogens (primary N) is 1. The number of benzene rings is 2. The molecule has 8 heteroatoms. The Kier molecular flexibility index (Phi) is 4.29. The van der Waals surface area contributed by atoms with E-state index in [1.807, 2.05) is 12.1 Å². The molecule has 134 valence electrons. The highest BCUT2D eigenvalue weighted by Crippen LogP contribution is 2.31. The first-order valence-electron chi connectivity index (χ1n) is 7.91. The van der Waals surface area contributed by atoms with Gasteiger partial charge in [0.1, 0.15) is 12.1 Å². The molecular weight excluding hydrogens is 372 g/mol. The summed E-state index contributed by atoms with van der Waals surface area (Å²) in [5.74, 6) is -1.52. The van der Waals surface area contributed by atoms with Crippen LogP contribution in [-0.2, 0) is 0 Å². The quantitative estimate of drug-likeness (QED) is 0.565. The third kappa shape index (κ3) is 3.13. The number of pyridine rings is 1. The maximum Gasteiger partial charge on any atom is 0.182 e. The highest BCUT2D eigenvalue weighted by atomic mass is 35.5. The average molecular weight is 384 g/mol. The summed E-state index contributed by atoms with van der Waals surface area (Å²) in [6, 6.07) is 12.9. The lowest BCUT2D eigenvalue weighted by Gasteiger charge is -2.11. The van der Waals surface area contributed by atoms with Gasteiger partial charge in [0.2, 0.25) is 0 Å². The van der Waals surface area contributed by atoms with E-state index in [4.69, 9.17) is 17.3 Å². The maximum atomic E-state index is 14.2. The van der Waals surface area contributed by atoms with Crippen molar-refractivity contribution >= 4 is 17.4 Å². The molecule has 0 fully saturated rings. The van der Waals surface area contributed by atoms with Crippen molar-refractivity contribution in [3.63, 3.8) is 0 Å². The van der Waals surface area contributed by atoms with E-state index in [-0.39, 0.29) is 17.3 Å². The maximum absolute atomic E-state index is 14.2. The zero-order valence-corrected chi connectivity index (χ0v) is 14.5. The van der Waals surface area contributed by atoms with Crippen LogP contribution in [0.25, 0.3) is 28.2 Å². The molecule has 0 aliphatic heterocycles. The first-order chi connectivity index (χ1) is 13.0. The molecule has 0 radical (unpaired) electrons. The van der Waals surface area contributed by atoms with E-state index >= 15 is 0 Å². The van der Waals surface area contributed by atoms with Crippen molar-refractivity contribution in [2.75, 3.05) is 5.73 Å². The fourth-order valence-corrected chi connectivity index (χ4v) is 2.85. The van der Waals surface area contributed by atoms with Gasteiger partial charge >= 0.3 is 0 Å². The number of aromatic nitrogens is 4. The number of nitrogens with zero attached hydrogens (tertiary/aromatic N) is 4. The molecule has 0 aliphatic rings. The molecule has 0 bridgehead atoms. The zero-order valence-electron chi connectivity index (χ0n) is 13.8. The van der Waals surface area contributed by atoms with Gasteiger partial charge in [0.15, 0.2) is 17.5 Å². The minimum atomic E-state index is -1.00. The van der Waals surface area contributed by atoms with Gasteiger partial charge in [0.25, 0.3) is 0 Å². The second kappa shape index (κ2) is 6.77. The van der Waals surface area contributed by atoms with Crippen molar-refractivity contribution in [2.24, 2.45) is 0 Å². The van der Waals surface area contributed by atoms with Gasteiger partial charge in [0.05, 0.1) is 11.3 Å². The normalized spacial score (nSPS) is 10.9. The SMILES string of the molecule is Nc1ncc(-c2ccc(Cl)cc2)cc1-c1nncn1-c1cccc(F)c1F. The summed E-state index contributed by atoms with van der Waals surface area (Å²) in [6.07, 6.45) is 2.91. The molecule has 0 spiro atoms. The Morgan fingerprint density at radius 3 is 2.56 bits per heavy atom. The summed E-state index contributed by atoms with van der Waals surface area (Å²) in [7, 11) is 0. The van der Waals surface area contributed by atoms with E-state index in [9.17, 15) is 8.78 Å². The summed E-state index contributed by atoms with van der Waals surface area (Å²) in [5, 5.41) is 8.46. The summed E-state index contributed by atoms with van der Waals surface area (Å²) in [4.78, 5) is 4.20. The van der Waals surface area contributed by atoms with Gasteiger partial charge in [-0.1, -0.05) is 29.8 Å². The summed E-state index contributed by atoms with van der Waals surface area (Å²) in [6.45, 7) is 0.